The summed E-state index contributed by atoms with van der Waals surface area (Å²) < 4.78 is 1.64. The van der Waals surface area contributed by atoms with E-state index in [4.69, 9.17) is 5.26 Å². The highest BCUT2D eigenvalue weighted by Crippen LogP contribution is 2.28. The summed E-state index contributed by atoms with van der Waals surface area (Å²) in [6.45, 7) is 4.00. The van der Waals surface area contributed by atoms with E-state index in [1.165, 1.54) is 0 Å². The zero-order valence-electron chi connectivity index (χ0n) is 12.0. The summed E-state index contributed by atoms with van der Waals surface area (Å²) in [7, 11) is 1.80. The molecule has 0 fully saturated rings. The van der Waals surface area contributed by atoms with Gasteiger partial charge in [-0.25, -0.2) is 0 Å². The molecule has 0 aliphatic heterocycles. The Morgan fingerprint density at radius 3 is 2.35 bits per heavy atom. The maximum Gasteiger partial charge on any atom is 0.146 e. The summed E-state index contributed by atoms with van der Waals surface area (Å²) in [5.41, 5.74) is 3.65. The predicted molar refractivity (Wildman–Crippen MR) is 82.2 cm³/mol. The van der Waals surface area contributed by atoms with Gasteiger partial charge in [0.15, 0.2) is 0 Å². The first-order chi connectivity index (χ1) is 9.81. The van der Waals surface area contributed by atoms with E-state index >= 15 is 0 Å². The molecule has 3 heteroatoms. The minimum atomic E-state index is 0.600. The highest BCUT2D eigenvalue weighted by atomic mass is 15.3. The molecule has 0 aliphatic rings. The number of aryl methyl sites for hydroxylation is 1. The number of hydrogen-bond donors (Lipinski definition) is 0. The quantitative estimate of drug-likeness (QED) is 0.662. The van der Waals surface area contributed by atoms with Crippen LogP contribution in [0.15, 0.2) is 48.5 Å². The highest BCUT2D eigenvalue weighted by molar-refractivity contribution is 5.96. The fourth-order valence-electron chi connectivity index (χ4n) is 2.20. The number of benzene rings is 2. The molecule has 0 saturated carbocycles. The highest BCUT2D eigenvalue weighted by Gasteiger charge is 2.12. The van der Waals surface area contributed by atoms with E-state index in [1.807, 2.05) is 50.2 Å². The zero-order chi connectivity index (χ0) is 14.5. The molecule has 0 atom stereocenters. The number of hydrogen-bond acceptors (Lipinski definition) is 2. The summed E-state index contributed by atoms with van der Waals surface area (Å²) in [4.78, 5) is 0. The van der Waals surface area contributed by atoms with Crippen molar-refractivity contribution >= 4 is 10.9 Å². The molecule has 0 unspecified atom stereocenters. The number of fused-ring (bicyclic) bond motifs is 1. The van der Waals surface area contributed by atoms with Gasteiger partial charge in [-0.05, 0) is 11.6 Å². The molecule has 20 heavy (non-hydrogen) atoms. The molecule has 1 heterocycles. The summed E-state index contributed by atoms with van der Waals surface area (Å²) >= 11 is 0. The molecule has 0 N–H and O–H groups in total. The Morgan fingerprint density at radius 2 is 1.70 bits per heavy atom. The average molecular weight is 263 g/mol. The van der Waals surface area contributed by atoms with Gasteiger partial charge in [0.05, 0.1) is 0 Å². The fraction of sp³-hybridized carbons (Fsp3) is 0.176. The van der Waals surface area contributed by atoms with Crippen LogP contribution in [0.1, 0.15) is 19.5 Å². The van der Waals surface area contributed by atoms with Gasteiger partial charge in [0.1, 0.15) is 17.3 Å². The Bertz CT molecular complexity index is 749. The van der Waals surface area contributed by atoms with Gasteiger partial charge in [-0.2, -0.15) is 10.4 Å². The maximum atomic E-state index is 9.16. The van der Waals surface area contributed by atoms with Crippen LogP contribution in [0.4, 0.5) is 0 Å². The van der Waals surface area contributed by atoms with Gasteiger partial charge < -0.3 is 0 Å². The van der Waals surface area contributed by atoms with Gasteiger partial charge in [-0.1, -0.05) is 56.3 Å². The molecule has 1 aromatic heterocycles. The van der Waals surface area contributed by atoms with Crippen LogP contribution in [0.2, 0.25) is 0 Å². The molecule has 0 radical (unpaired) electrons. The molecule has 0 amide bonds. The van der Waals surface area contributed by atoms with Crippen molar-refractivity contribution in [1.29, 1.82) is 5.26 Å². The molecule has 0 aliphatic carbocycles. The maximum absolute atomic E-state index is 9.16. The Kier molecular flexibility index (Phi) is 4.17. The van der Waals surface area contributed by atoms with Crippen molar-refractivity contribution in [3.05, 3.63) is 54.2 Å². The summed E-state index contributed by atoms with van der Waals surface area (Å²) in [5.74, 6) is 0. The number of nitriles is 1. The number of rotatable bonds is 1. The van der Waals surface area contributed by atoms with E-state index in [2.05, 4.69) is 23.3 Å². The SMILES string of the molecule is CC.Cn1nc2c(-c3ccccc3)cccc2c1C#N. The van der Waals surface area contributed by atoms with Crippen LogP contribution in [0.3, 0.4) is 0 Å². The van der Waals surface area contributed by atoms with E-state index in [0.29, 0.717) is 5.69 Å². The molecule has 0 saturated heterocycles. The van der Waals surface area contributed by atoms with E-state index in [1.54, 1.807) is 11.7 Å². The largest absolute Gasteiger partial charge is 0.257 e. The fourth-order valence-corrected chi connectivity index (χ4v) is 2.20. The second kappa shape index (κ2) is 6.03. The molecule has 0 bridgehead atoms. The second-order valence-electron chi connectivity index (χ2n) is 4.15. The topological polar surface area (TPSA) is 41.6 Å². The number of aromatic nitrogens is 2. The third-order valence-electron chi connectivity index (χ3n) is 3.06. The van der Waals surface area contributed by atoms with Crippen molar-refractivity contribution in [2.75, 3.05) is 0 Å². The lowest BCUT2D eigenvalue weighted by Gasteiger charge is -2.01. The van der Waals surface area contributed by atoms with E-state index in [-0.39, 0.29) is 0 Å². The average Bonchev–Trinajstić information content (AvgIpc) is 2.85. The van der Waals surface area contributed by atoms with E-state index in [0.717, 1.165) is 22.0 Å². The first kappa shape index (κ1) is 13.8. The molecular weight excluding hydrogens is 246 g/mol. The van der Waals surface area contributed by atoms with Crippen molar-refractivity contribution in [2.24, 2.45) is 7.05 Å². The van der Waals surface area contributed by atoms with Gasteiger partial charge in [0.25, 0.3) is 0 Å². The van der Waals surface area contributed by atoms with Crippen LogP contribution in [-0.4, -0.2) is 9.78 Å². The zero-order valence-corrected chi connectivity index (χ0v) is 12.0. The Hall–Kier alpha value is -2.60. The van der Waals surface area contributed by atoms with Crippen molar-refractivity contribution < 1.29 is 0 Å². The molecule has 3 rings (SSSR count). The normalized spacial score (nSPS) is 9.70. The van der Waals surface area contributed by atoms with Crippen LogP contribution in [0, 0.1) is 11.3 Å². The summed E-state index contributed by atoms with van der Waals surface area (Å²) in [6.07, 6.45) is 0. The van der Waals surface area contributed by atoms with Crippen molar-refractivity contribution in [2.45, 2.75) is 13.8 Å². The third kappa shape index (κ3) is 2.28. The Morgan fingerprint density at radius 1 is 1.00 bits per heavy atom. The molecule has 0 spiro atoms. The minimum Gasteiger partial charge on any atom is -0.257 e. The van der Waals surface area contributed by atoms with Crippen LogP contribution in [0.25, 0.3) is 22.0 Å². The molecule has 2 aromatic carbocycles. The smallest absolute Gasteiger partial charge is 0.146 e. The summed E-state index contributed by atoms with van der Waals surface area (Å²) in [5, 5.41) is 14.5. The van der Waals surface area contributed by atoms with Crippen molar-refractivity contribution in [3.63, 3.8) is 0 Å². The van der Waals surface area contributed by atoms with Gasteiger partial charge >= 0.3 is 0 Å². The molecule has 3 nitrogen and oxygen atoms in total. The standard InChI is InChI=1S/C15H11N3.C2H6/c1-18-14(10-16)13-9-5-8-12(15(13)17-18)11-6-3-2-4-7-11;1-2/h2-9H,1H3;1-2H3. The molecule has 3 aromatic rings. The monoisotopic (exact) mass is 263 g/mol. The molecule has 100 valence electrons. The van der Waals surface area contributed by atoms with E-state index < -0.39 is 0 Å². The third-order valence-corrected chi connectivity index (χ3v) is 3.06. The Balaban J connectivity index is 0.000000704. The van der Waals surface area contributed by atoms with Crippen molar-refractivity contribution in [3.8, 4) is 17.2 Å². The summed E-state index contributed by atoms with van der Waals surface area (Å²) in [6, 6.07) is 18.2. The first-order valence-electron chi connectivity index (χ1n) is 6.72. The van der Waals surface area contributed by atoms with Gasteiger partial charge in [0, 0.05) is 18.0 Å². The van der Waals surface area contributed by atoms with Crippen LogP contribution in [-0.2, 0) is 7.05 Å². The van der Waals surface area contributed by atoms with Gasteiger partial charge in [0.2, 0.25) is 0 Å². The number of nitrogens with zero attached hydrogens (tertiary/aromatic N) is 3. The Labute approximate surface area is 119 Å². The second-order valence-corrected chi connectivity index (χ2v) is 4.15. The molecular formula is C17H17N3. The van der Waals surface area contributed by atoms with Crippen molar-refractivity contribution in [1.82, 2.24) is 9.78 Å². The lowest BCUT2D eigenvalue weighted by Crippen LogP contribution is -1.92. The predicted octanol–water partition coefficient (Wildman–Crippen LogP) is 4.14. The first-order valence-corrected chi connectivity index (χ1v) is 6.72. The van der Waals surface area contributed by atoms with Crippen LogP contribution >= 0.6 is 0 Å². The minimum absolute atomic E-state index is 0.600. The van der Waals surface area contributed by atoms with Crippen LogP contribution in [0.5, 0.6) is 0 Å². The lowest BCUT2D eigenvalue weighted by atomic mass is 10.0. The van der Waals surface area contributed by atoms with Crippen LogP contribution < -0.4 is 0 Å². The van der Waals surface area contributed by atoms with Gasteiger partial charge in [-0.15, -0.1) is 0 Å². The lowest BCUT2D eigenvalue weighted by molar-refractivity contribution is 0.767. The van der Waals surface area contributed by atoms with E-state index in [9.17, 15) is 0 Å². The van der Waals surface area contributed by atoms with Gasteiger partial charge in [-0.3, -0.25) is 4.68 Å².